The molecule has 0 bridgehead atoms. The van der Waals surface area contributed by atoms with Crippen LogP contribution in [0.1, 0.15) is 0 Å². The molecule has 0 N–H and O–H groups in total. The summed E-state index contributed by atoms with van der Waals surface area (Å²) in [5.41, 5.74) is 0. The third kappa shape index (κ3) is 6.36. The standard InChI is InChI=1S/C5H5.C4F5.2CO.Fe/c1-2-4-5-3-1;5-1-2(6)4(8,9)3(1)7;2*1-2;/h1-5H;;;;/q2*-1;;;+6. The molecule has 2 rings (SSSR count). The van der Waals surface area contributed by atoms with Crippen molar-refractivity contribution in [1.82, 2.24) is 0 Å². The van der Waals surface area contributed by atoms with E-state index in [9.17, 15) is 22.0 Å². The van der Waals surface area contributed by atoms with Gasteiger partial charge in [0.15, 0.2) is 0 Å². The summed E-state index contributed by atoms with van der Waals surface area (Å²) in [6.45, 7) is 9.00. The second-order valence-corrected chi connectivity index (χ2v) is 2.48. The summed E-state index contributed by atoms with van der Waals surface area (Å²) in [7, 11) is 0. The molecule has 1 aromatic carbocycles. The van der Waals surface area contributed by atoms with Crippen LogP contribution in [-0.2, 0) is 26.4 Å². The van der Waals surface area contributed by atoms with Crippen LogP contribution in [0.4, 0.5) is 22.0 Å². The maximum atomic E-state index is 11.5. The molecular weight excluding hydrogens is 315 g/mol. The Morgan fingerprint density at radius 3 is 1.53 bits per heavy atom. The van der Waals surface area contributed by atoms with Gasteiger partial charge in [-0.25, -0.2) is 25.3 Å². The Kier molecular flexibility index (Phi) is 14.0. The van der Waals surface area contributed by atoms with Gasteiger partial charge in [-0.15, -0.1) is 0 Å². The fourth-order valence-electron chi connectivity index (χ4n) is 0.727. The van der Waals surface area contributed by atoms with Crippen LogP contribution in [0.15, 0.2) is 42.0 Å². The molecule has 0 radical (unpaired) electrons. The quantitative estimate of drug-likeness (QED) is 0.303. The fraction of sp³-hybridized carbons (Fsp3) is 0.0909. The maximum absolute atomic E-state index is 11.5. The van der Waals surface area contributed by atoms with Crippen LogP contribution in [0, 0.1) is 19.5 Å². The van der Waals surface area contributed by atoms with Crippen LogP contribution in [-0.4, -0.2) is 5.92 Å². The summed E-state index contributed by atoms with van der Waals surface area (Å²) in [4.78, 5) is 0. The zero-order valence-electron chi connectivity index (χ0n) is 8.95. The van der Waals surface area contributed by atoms with Crippen LogP contribution in [0.3, 0.4) is 0 Å². The van der Waals surface area contributed by atoms with Crippen molar-refractivity contribution >= 4 is 0 Å². The van der Waals surface area contributed by atoms with E-state index in [-0.39, 0.29) is 17.1 Å². The monoisotopic (exact) mass is 320 g/mol. The Hall–Kier alpha value is -1.39. The van der Waals surface area contributed by atoms with E-state index in [0.717, 1.165) is 0 Å². The van der Waals surface area contributed by atoms with E-state index in [1.54, 1.807) is 0 Å². The first-order valence-corrected chi connectivity index (χ1v) is 4.02. The number of hydrogen-bond acceptors (Lipinski definition) is 0. The normalized spacial score (nSPS) is 13.8. The molecule has 2 nitrogen and oxygen atoms in total. The van der Waals surface area contributed by atoms with Gasteiger partial charge in [0, 0.05) is 17.8 Å². The molecule has 0 unspecified atom stereocenters. The molecule has 0 aliphatic heterocycles. The molecule has 0 fully saturated rings. The average Bonchev–Trinajstić information content (AvgIpc) is 3.00. The summed E-state index contributed by atoms with van der Waals surface area (Å²) >= 11 is 0. The molecule has 0 saturated carbocycles. The van der Waals surface area contributed by atoms with Crippen molar-refractivity contribution in [3.05, 3.63) is 61.5 Å². The van der Waals surface area contributed by atoms with Crippen molar-refractivity contribution in [3.63, 3.8) is 0 Å². The smallest absolute Gasteiger partial charge is 0.214 e. The van der Waals surface area contributed by atoms with Gasteiger partial charge < -0.3 is 8.78 Å². The molecule has 0 amide bonds. The van der Waals surface area contributed by atoms with Gasteiger partial charge in [0.2, 0.25) is 5.92 Å². The van der Waals surface area contributed by atoms with Crippen molar-refractivity contribution in [3.8, 4) is 0 Å². The summed E-state index contributed by atoms with van der Waals surface area (Å²) in [5, 5.41) is 0. The van der Waals surface area contributed by atoms with Crippen molar-refractivity contribution in [1.29, 1.82) is 0 Å². The SMILES string of the molecule is FC1=C(F)C(F)(F)[C-]1F.[C-]#[O+].[C-]#[O+].[Fe+6].c1cc[cH-]c1. The third-order valence-corrected chi connectivity index (χ3v) is 1.49. The van der Waals surface area contributed by atoms with E-state index in [1.807, 2.05) is 30.3 Å². The van der Waals surface area contributed by atoms with E-state index in [2.05, 4.69) is 13.3 Å². The first-order chi connectivity index (χ1) is 8.48. The largest absolute Gasteiger partial charge is 6.00 e. The van der Waals surface area contributed by atoms with Crippen LogP contribution >= 0.6 is 0 Å². The molecular formula is C11H5F5FeO2+4. The fourth-order valence-corrected chi connectivity index (χ4v) is 0.727. The molecule has 0 aromatic heterocycles. The van der Waals surface area contributed by atoms with Gasteiger partial charge in [0.1, 0.15) is 0 Å². The average molecular weight is 320 g/mol. The zero-order chi connectivity index (χ0) is 14.8. The van der Waals surface area contributed by atoms with Gasteiger partial charge in [0.05, 0.1) is 0 Å². The third-order valence-electron chi connectivity index (χ3n) is 1.49. The predicted octanol–water partition coefficient (Wildman–Crippen LogP) is 3.62. The number of alkyl halides is 2. The number of halogens is 5. The van der Waals surface area contributed by atoms with Crippen LogP contribution in [0.25, 0.3) is 0 Å². The Balaban J connectivity index is -0.000000220. The second kappa shape index (κ2) is 11.7. The number of hydrogen-bond donors (Lipinski definition) is 0. The topological polar surface area (TPSA) is 39.8 Å². The Morgan fingerprint density at radius 2 is 1.42 bits per heavy atom. The molecule has 1 aromatic rings. The van der Waals surface area contributed by atoms with Crippen molar-refractivity contribution < 1.29 is 48.3 Å². The molecule has 1 aliphatic carbocycles. The molecule has 0 spiro atoms. The van der Waals surface area contributed by atoms with Crippen LogP contribution < -0.4 is 0 Å². The number of allylic oxidation sites excluding steroid dienone is 2. The number of rotatable bonds is 0. The first-order valence-electron chi connectivity index (χ1n) is 4.02. The van der Waals surface area contributed by atoms with Gasteiger partial charge in [-0.1, -0.05) is 0 Å². The molecule has 0 saturated heterocycles. The predicted molar refractivity (Wildman–Crippen MR) is 48.4 cm³/mol. The Morgan fingerprint density at radius 1 is 1.05 bits per heavy atom. The van der Waals surface area contributed by atoms with Crippen LogP contribution in [0.5, 0.6) is 0 Å². The van der Waals surface area contributed by atoms with Gasteiger partial charge in [-0.3, -0.25) is 0 Å². The molecule has 100 valence electrons. The van der Waals surface area contributed by atoms with E-state index >= 15 is 0 Å². The first kappa shape index (κ1) is 22.8. The van der Waals surface area contributed by atoms with Gasteiger partial charge in [-0.05, 0) is 0 Å². The van der Waals surface area contributed by atoms with Crippen molar-refractivity contribution in [2.75, 3.05) is 0 Å². The summed E-state index contributed by atoms with van der Waals surface area (Å²) in [5.74, 6) is -8.69. The van der Waals surface area contributed by atoms with E-state index in [4.69, 9.17) is 9.30 Å². The molecule has 19 heavy (non-hydrogen) atoms. The zero-order valence-corrected chi connectivity index (χ0v) is 10.1. The molecule has 0 atom stereocenters. The molecule has 0 heterocycles. The van der Waals surface area contributed by atoms with E-state index in [0.29, 0.717) is 0 Å². The summed E-state index contributed by atoms with van der Waals surface area (Å²) in [6.07, 6.45) is -2.32. The minimum absolute atomic E-state index is 0. The second-order valence-electron chi connectivity index (χ2n) is 2.48. The Labute approximate surface area is 116 Å². The van der Waals surface area contributed by atoms with Crippen LogP contribution in [0.2, 0.25) is 0 Å². The minimum Gasteiger partial charge on any atom is -0.214 e. The van der Waals surface area contributed by atoms with Gasteiger partial charge in [-0.2, -0.15) is 18.2 Å². The minimum atomic E-state index is -4.30. The van der Waals surface area contributed by atoms with Gasteiger partial charge >= 0.3 is 39.7 Å². The van der Waals surface area contributed by atoms with Gasteiger partial charge in [0.25, 0.3) is 0 Å². The molecule has 8 heteroatoms. The maximum Gasteiger partial charge on any atom is 6.00 e. The summed E-state index contributed by atoms with van der Waals surface area (Å²) in [6, 6.07) is 10.0. The van der Waals surface area contributed by atoms with Crippen molar-refractivity contribution in [2.45, 2.75) is 5.92 Å². The van der Waals surface area contributed by atoms with E-state index in [1.165, 1.54) is 0 Å². The van der Waals surface area contributed by atoms with E-state index < -0.39 is 23.7 Å². The van der Waals surface area contributed by atoms with Crippen molar-refractivity contribution in [2.24, 2.45) is 0 Å². The molecule has 1 aliphatic rings. The Bertz CT molecular complexity index is 374. The summed E-state index contributed by atoms with van der Waals surface area (Å²) < 4.78 is 72.3.